The predicted octanol–water partition coefficient (Wildman–Crippen LogP) is 7.45. The molecule has 2 aromatic heterocycles. The number of aliphatic hydroxyl groups is 1. The summed E-state index contributed by atoms with van der Waals surface area (Å²) in [4.78, 5) is 81.2. The van der Waals surface area contributed by atoms with Crippen LogP contribution in [-0.2, 0) is 23.9 Å². The molecule has 0 unspecified atom stereocenters. The fourth-order valence-corrected chi connectivity index (χ4v) is 13.4. The highest BCUT2D eigenvalue weighted by Gasteiger charge is 2.45. The van der Waals surface area contributed by atoms with E-state index in [0.717, 1.165) is 72.6 Å². The molecule has 4 saturated heterocycles. The number of hydrogen-bond acceptors (Lipinski definition) is 16. The maximum Gasteiger partial charge on any atom is 0.319 e. The Morgan fingerprint density at radius 3 is 2.29 bits per heavy atom. The third-order valence-electron chi connectivity index (χ3n) is 17.0. The monoisotopic (exact) mass is 1220 g/mol. The highest BCUT2D eigenvalue weighted by molar-refractivity contribution is 7.13. The number of hydrogen-bond donors (Lipinski definition) is 4. The van der Waals surface area contributed by atoms with Gasteiger partial charge in [0.1, 0.15) is 35.3 Å². The van der Waals surface area contributed by atoms with Crippen LogP contribution in [0.2, 0.25) is 5.02 Å². The normalized spacial score (nSPS) is 19.6. The van der Waals surface area contributed by atoms with Gasteiger partial charge in [0.25, 0.3) is 0 Å². The first-order valence-corrected chi connectivity index (χ1v) is 31.1. The number of fused-ring (bicyclic) bond motifs is 2. The summed E-state index contributed by atoms with van der Waals surface area (Å²) in [7, 11) is 0. The Hall–Kier alpha value is -6.85. The molecule has 5 atom stereocenters. The highest BCUT2D eigenvalue weighted by atomic mass is 35.5. The molecule has 4 aliphatic rings. The Balaban J connectivity index is 0.678. The number of carbonyl (C=O) groups is 4. The van der Waals surface area contributed by atoms with Gasteiger partial charge in [-0.3, -0.25) is 33.9 Å². The lowest BCUT2D eigenvalue weighted by atomic mass is 9.85. The summed E-state index contributed by atoms with van der Waals surface area (Å²) in [5.74, 6) is -1.42. The highest BCUT2D eigenvalue weighted by Crippen LogP contribution is 2.43. The molecule has 19 nitrogen and oxygen atoms in total. The summed E-state index contributed by atoms with van der Waals surface area (Å²) in [6.45, 7) is 23.3. The third kappa shape index (κ3) is 14.4. The van der Waals surface area contributed by atoms with Crippen molar-refractivity contribution >= 4 is 74.1 Å². The molecule has 458 valence electrons. The van der Waals surface area contributed by atoms with Crippen molar-refractivity contribution in [2.75, 3.05) is 103 Å². The van der Waals surface area contributed by atoms with E-state index in [1.165, 1.54) is 17.0 Å². The number of phenolic OH excluding ortho intramolecular Hbond substituents is 1. The molecular formula is C64H79ClFN11O8S. The van der Waals surface area contributed by atoms with Gasteiger partial charge in [0, 0.05) is 102 Å². The lowest BCUT2D eigenvalue weighted by molar-refractivity contribution is -0.144. The molecule has 0 radical (unpaired) electrons. The SMILES string of the molecule is C=CC(=O)N1CCN(c2nc(O[C@H](C)CN3CCC(OCCN4CCN(CC(=O)N[C@H](C(=O)N5C[C@H](O)C[C@H]5C(=O)N[C@@H](C)c5ccc(-c6scnc6C)cc5)C(C)(C)C)CC4)CC3)nc3c(F)c(-c4cc(O)cc5ccccc45)c(Cl)cc23)CC1. The van der Waals surface area contributed by atoms with E-state index in [4.69, 9.17) is 26.1 Å². The molecule has 4 amide bonds. The second-order valence-electron chi connectivity index (χ2n) is 24.3. The number of likely N-dealkylation sites (tertiary alicyclic amines) is 2. The number of aryl methyl sites for hydroxylation is 1. The number of benzene rings is 4. The standard InChI is InChI=1S/C64H79ClFN11O8S/c1-8-54(81)75-25-27-76(28-26-75)60-50-34-51(65)55(49-32-45(78)31-44-11-9-10-12-48(44)49)56(66)57(50)70-63(71-60)85-39(2)35-73-19-17-47(18-20-73)84-30-29-72-21-23-74(24-22-72)37-53(80)69-59(64(5,6)7)62(83)77-36-46(79)33-52(77)61(82)68-40(3)42-13-15-43(16-14-42)58-41(4)67-38-86-58/h8-16,31-32,34,38-40,46-47,52,59,78-79H,1,17-30,33,35-37H2,2-7H3,(H,68,82)(H,69,80)/t39-,40+,46-,52+,59-/m1/s1. The number of rotatable bonds is 19. The number of halogens is 2. The summed E-state index contributed by atoms with van der Waals surface area (Å²) in [5, 5.41) is 29.5. The second kappa shape index (κ2) is 27.0. The number of aromatic nitrogens is 3. The number of β-amino-alcohol motifs (C(OH)–C–C–N with tert-alkyl or cyclic N) is 1. The molecule has 0 spiro atoms. The van der Waals surface area contributed by atoms with Crippen molar-refractivity contribution in [2.24, 2.45) is 5.41 Å². The van der Waals surface area contributed by atoms with Crippen molar-refractivity contribution in [3.8, 4) is 33.3 Å². The minimum atomic E-state index is -0.921. The van der Waals surface area contributed by atoms with Crippen molar-refractivity contribution in [1.82, 2.24) is 50.1 Å². The third-order valence-corrected chi connectivity index (χ3v) is 18.3. The molecule has 4 N–H and O–H groups in total. The van der Waals surface area contributed by atoms with Crippen molar-refractivity contribution in [2.45, 2.75) is 97.2 Å². The second-order valence-corrected chi connectivity index (χ2v) is 25.6. The fraction of sp³-hybridized carbons (Fsp3) is 0.484. The summed E-state index contributed by atoms with van der Waals surface area (Å²) >= 11 is 8.53. The van der Waals surface area contributed by atoms with E-state index >= 15 is 4.39 Å². The quantitative estimate of drug-likeness (QED) is 0.0581. The minimum absolute atomic E-state index is 0.00249. The molecule has 6 heterocycles. The van der Waals surface area contributed by atoms with Gasteiger partial charge in [0.15, 0.2) is 5.82 Å². The van der Waals surface area contributed by atoms with E-state index in [1.54, 1.807) is 28.4 Å². The molecule has 4 aromatic carbocycles. The van der Waals surface area contributed by atoms with Gasteiger partial charge in [-0.05, 0) is 90.8 Å². The maximum atomic E-state index is 17.2. The molecule has 4 aliphatic heterocycles. The Bertz CT molecular complexity index is 3430. The van der Waals surface area contributed by atoms with Gasteiger partial charge in [-0.1, -0.05) is 87.5 Å². The van der Waals surface area contributed by atoms with Gasteiger partial charge in [-0.15, -0.1) is 11.3 Å². The maximum absolute atomic E-state index is 17.2. The van der Waals surface area contributed by atoms with E-state index in [-0.39, 0.29) is 83.3 Å². The number of nitrogens with one attached hydrogen (secondary N) is 2. The molecule has 0 aliphatic carbocycles. The number of amides is 4. The molecule has 22 heteroatoms. The first-order valence-electron chi connectivity index (χ1n) is 29.8. The average molecular weight is 1220 g/mol. The number of ether oxygens (including phenoxy) is 2. The number of aromatic hydroxyl groups is 1. The van der Waals surface area contributed by atoms with Crippen LogP contribution < -0.4 is 20.3 Å². The Morgan fingerprint density at radius 1 is 0.895 bits per heavy atom. The van der Waals surface area contributed by atoms with Gasteiger partial charge in [0.05, 0.1) is 52.5 Å². The summed E-state index contributed by atoms with van der Waals surface area (Å²) < 4.78 is 30.1. The lowest BCUT2D eigenvalue weighted by Crippen LogP contribution is -2.59. The number of piperidine rings is 1. The summed E-state index contributed by atoms with van der Waals surface area (Å²) in [6.07, 6.45) is 1.96. The average Bonchev–Trinajstić information content (AvgIpc) is 1.05. The number of carbonyl (C=O) groups excluding carboxylic acids is 4. The Morgan fingerprint density at radius 2 is 1.60 bits per heavy atom. The first-order chi connectivity index (χ1) is 41.2. The number of thiazole rings is 1. The van der Waals surface area contributed by atoms with E-state index in [1.807, 2.05) is 100 Å². The number of aliphatic hydroxyl groups excluding tert-OH is 1. The van der Waals surface area contributed by atoms with Crippen LogP contribution in [0, 0.1) is 18.2 Å². The van der Waals surface area contributed by atoms with Gasteiger partial charge < -0.3 is 45.0 Å². The van der Waals surface area contributed by atoms with Gasteiger partial charge in [-0.25, -0.2) is 9.37 Å². The van der Waals surface area contributed by atoms with Crippen LogP contribution in [0.1, 0.15) is 71.2 Å². The number of nitrogens with zero attached hydrogens (tertiary/aromatic N) is 9. The van der Waals surface area contributed by atoms with Crippen LogP contribution >= 0.6 is 22.9 Å². The Kier molecular flexibility index (Phi) is 19.6. The fourth-order valence-electron chi connectivity index (χ4n) is 12.3. The van der Waals surface area contributed by atoms with E-state index in [2.05, 4.69) is 41.9 Å². The summed E-state index contributed by atoms with van der Waals surface area (Å²) in [5.41, 5.74) is 4.63. The largest absolute Gasteiger partial charge is 0.508 e. The molecular weight excluding hydrogens is 1140 g/mol. The molecule has 10 rings (SSSR count). The Labute approximate surface area is 511 Å². The van der Waals surface area contributed by atoms with Crippen molar-refractivity contribution in [3.63, 3.8) is 0 Å². The molecule has 0 bridgehead atoms. The van der Waals surface area contributed by atoms with Crippen LogP contribution in [0.15, 0.2) is 84.9 Å². The van der Waals surface area contributed by atoms with Crippen LogP contribution in [0.5, 0.6) is 11.8 Å². The van der Waals surface area contributed by atoms with E-state index in [9.17, 15) is 29.4 Å². The van der Waals surface area contributed by atoms with Gasteiger partial charge in [0.2, 0.25) is 23.6 Å². The zero-order valence-corrected chi connectivity index (χ0v) is 51.5. The van der Waals surface area contributed by atoms with Gasteiger partial charge >= 0.3 is 6.01 Å². The molecule has 0 saturated carbocycles. The summed E-state index contributed by atoms with van der Waals surface area (Å²) in [6, 6.07) is 18.0. The van der Waals surface area contributed by atoms with E-state index in [0.29, 0.717) is 74.6 Å². The van der Waals surface area contributed by atoms with Crippen molar-refractivity contribution < 1.29 is 43.3 Å². The van der Waals surface area contributed by atoms with Gasteiger partial charge in [-0.2, -0.15) is 9.97 Å². The van der Waals surface area contributed by atoms with Crippen LogP contribution in [0.4, 0.5) is 10.2 Å². The number of piperazine rings is 2. The topological polar surface area (TPSA) is 209 Å². The van der Waals surface area contributed by atoms with Crippen LogP contribution in [0.3, 0.4) is 0 Å². The number of anilines is 1. The smallest absolute Gasteiger partial charge is 0.319 e. The van der Waals surface area contributed by atoms with Crippen molar-refractivity contribution in [1.29, 1.82) is 0 Å². The van der Waals surface area contributed by atoms with E-state index < -0.39 is 35.3 Å². The lowest BCUT2D eigenvalue weighted by Gasteiger charge is -2.37. The molecule has 6 aromatic rings. The van der Waals surface area contributed by atoms with Crippen molar-refractivity contribution in [3.05, 3.63) is 107 Å². The van der Waals surface area contributed by atoms with Crippen LogP contribution in [-0.4, -0.2) is 202 Å². The molecule has 4 fully saturated rings. The zero-order chi connectivity index (χ0) is 61.0. The first kappa shape index (κ1) is 62.2. The number of phenols is 1. The minimum Gasteiger partial charge on any atom is -0.508 e. The predicted molar refractivity (Wildman–Crippen MR) is 333 cm³/mol. The molecule has 86 heavy (non-hydrogen) atoms. The zero-order valence-electron chi connectivity index (χ0n) is 49.9. The van der Waals surface area contributed by atoms with Crippen LogP contribution in [0.25, 0.3) is 43.2 Å².